The van der Waals surface area contributed by atoms with E-state index >= 15 is 0 Å². The lowest BCUT2D eigenvalue weighted by atomic mass is 9.94. The van der Waals surface area contributed by atoms with Crippen LogP contribution in [0.15, 0.2) is 0 Å². The number of likely N-dealkylation sites (tertiary alicyclic amines) is 1. The van der Waals surface area contributed by atoms with E-state index in [1.165, 1.54) is 12.8 Å². The fraction of sp³-hybridized carbons (Fsp3) is 0.875. The minimum atomic E-state index is -0.139. The van der Waals surface area contributed by atoms with Crippen molar-refractivity contribution in [3.8, 4) is 0 Å². The molecule has 2 aliphatic heterocycles. The van der Waals surface area contributed by atoms with Crippen LogP contribution in [-0.4, -0.2) is 48.4 Å². The van der Waals surface area contributed by atoms with Crippen LogP contribution in [0.4, 0.5) is 0 Å². The van der Waals surface area contributed by atoms with Crippen molar-refractivity contribution in [3.63, 3.8) is 0 Å². The molecular weight excluding hydrogens is 302 g/mol. The SMILES string of the molecule is CC1CNCCC1NC(=O)C1CC(=O)N(C2CCCC2)C1.Cl. The highest BCUT2D eigenvalue weighted by Gasteiger charge is 2.39. The molecule has 3 fully saturated rings. The Hall–Kier alpha value is -0.810. The van der Waals surface area contributed by atoms with Crippen molar-refractivity contribution in [2.24, 2.45) is 11.8 Å². The highest BCUT2D eigenvalue weighted by Crippen LogP contribution is 2.29. The maximum absolute atomic E-state index is 12.5. The summed E-state index contributed by atoms with van der Waals surface area (Å²) in [6.45, 7) is 4.73. The van der Waals surface area contributed by atoms with Crippen LogP contribution in [-0.2, 0) is 9.59 Å². The summed E-state index contributed by atoms with van der Waals surface area (Å²) in [5, 5.41) is 6.53. The van der Waals surface area contributed by atoms with Gasteiger partial charge >= 0.3 is 0 Å². The Morgan fingerprint density at radius 3 is 2.68 bits per heavy atom. The van der Waals surface area contributed by atoms with E-state index in [-0.39, 0.29) is 36.2 Å². The summed E-state index contributed by atoms with van der Waals surface area (Å²) < 4.78 is 0. The van der Waals surface area contributed by atoms with Gasteiger partial charge in [0.1, 0.15) is 0 Å². The van der Waals surface area contributed by atoms with Gasteiger partial charge in [-0.05, 0) is 38.3 Å². The molecule has 2 saturated heterocycles. The van der Waals surface area contributed by atoms with Crippen LogP contribution in [0, 0.1) is 11.8 Å². The molecule has 3 aliphatic rings. The van der Waals surface area contributed by atoms with Gasteiger partial charge in [0.15, 0.2) is 0 Å². The zero-order valence-corrected chi connectivity index (χ0v) is 14.2. The van der Waals surface area contributed by atoms with E-state index in [2.05, 4.69) is 17.6 Å². The van der Waals surface area contributed by atoms with Gasteiger partial charge in [-0.3, -0.25) is 9.59 Å². The third-order valence-electron chi connectivity index (χ3n) is 5.41. The lowest BCUT2D eigenvalue weighted by Crippen LogP contribution is -2.50. The van der Waals surface area contributed by atoms with Gasteiger partial charge < -0.3 is 15.5 Å². The number of rotatable bonds is 3. The topological polar surface area (TPSA) is 61.4 Å². The molecule has 1 aliphatic carbocycles. The predicted octanol–water partition coefficient (Wildman–Crippen LogP) is 1.31. The number of carbonyl (C=O) groups is 2. The Morgan fingerprint density at radius 1 is 1.27 bits per heavy atom. The molecule has 2 heterocycles. The number of amides is 2. The van der Waals surface area contributed by atoms with Gasteiger partial charge in [0.05, 0.1) is 5.92 Å². The van der Waals surface area contributed by atoms with E-state index in [0.717, 1.165) is 32.4 Å². The molecule has 0 bridgehead atoms. The summed E-state index contributed by atoms with van der Waals surface area (Å²) in [4.78, 5) is 26.6. The Balaban J connectivity index is 0.00000176. The summed E-state index contributed by atoms with van der Waals surface area (Å²) in [6.07, 6.45) is 6.06. The first kappa shape index (κ1) is 17.5. The second kappa shape index (κ2) is 7.64. The number of hydrogen-bond donors (Lipinski definition) is 2. The Bertz CT molecular complexity index is 412. The number of halogens is 1. The van der Waals surface area contributed by atoms with Crippen LogP contribution in [0.25, 0.3) is 0 Å². The predicted molar refractivity (Wildman–Crippen MR) is 87.9 cm³/mol. The molecule has 0 spiro atoms. The van der Waals surface area contributed by atoms with Crippen molar-refractivity contribution >= 4 is 24.2 Å². The maximum Gasteiger partial charge on any atom is 0.225 e. The molecule has 0 aromatic carbocycles. The van der Waals surface area contributed by atoms with Crippen LogP contribution >= 0.6 is 12.4 Å². The molecule has 3 unspecified atom stereocenters. The fourth-order valence-corrected chi connectivity index (χ4v) is 4.01. The minimum absolute atomic E-state index is 0. The van der Waals surface area contributed by atoms with Gasteiger partial charge in [0.25, 0.3) is 0 Å². The molecule has 22 heavy (non-hydrogen) atoms. The highest BCUT2D eigenvalue weighted by atomic mass is 35.5. The lowest BCUT2D eigenvalue weighted by molar-refractivity contribution is -0.130. The second-order valence-electron chi connectivity index (χ2n) is 6.97. The maximum atomic E-state index is 12.5. The van der Waals surface area contributed by atoms with Crippen LogP contribution < -0.4 is 10.6 Å². The van der Waals surface area contributed by atoms with Crippen LogP contribution in [0.1, 0.15) is 45.4 Å². The van der Waals surface area contributed by atoms with Crippen molar-refractivity contribution in [2.45, 2.75) is 57.5 Å². The summed E-state index contributed by atoms with van der Waals surface area (Å²) in [5.41, 5.74) is 0. The molecule has 3 rings (SSSR count). The first-order chi connectivity index (χ1) is 10.1. The van der Waals surface area contributed by atoms with Crippen LogP contribution in [0.2, 0.25) is 0 Å². The largest absolute Gasteiger partial charge is 0.353 e. The molecule has 0 aromatic rings. The number of nitrogens with zero attached hydrogens (tertiary/aromatic N) is 1. The zero-order valence-electron chi connectivity index (χ0n) is 13.3. The summed E-state index contributed by atoms with van der Waals surface area (Å²) in [7, 11) is 0. The van der Waals surface area contributed by atoms with Crippen molar-refractivity contribution < 1.29 is 9.59 Å². The van der Waals surface area contributed by atoms with Crippen LogP contribution in [0.3, 0.4) is 0 Å². The first-order valence-corrected chi connectivity index (χ1v) is 8.45. The number of piperidine rings is 1. The van der Waals surface area contributed by atoms with Crippen molar-refractivity contribution in [1.82, 2.24) is 15.5 Å². The lowest BCUT2D eigenvalue weighted by Gasteiger charge is -2.31. The molecule has 126 valence electrons. The van der Waals surface area contributed by atoms with Gasteiger partial charge in [0.2, 0.25) is 11.8 Å². The van der Waals surface area contributed by atoms with E-state index in [1.807, 2.05) is 4.90 Å². The van der Waals surface area contributed by atoms with E-state index in [1.54, 1.807) is 0 Å². The van der Waals surface area contributed by atoms with E-state index in [4.69, 9.17) is 0 Å². The first-order valence-electron chi connectivity index (χ1n) is 8.45. The summed E-state index contributed by atoms with van der Waals surface area (Å²) in [6, 6.07) is 0.655. The summed E-state index contributed by atoms with van der Waals surface area (Å²) >= 11 is 0. The minimum Gasteiger partial charge on any atom is -0.353 e. The van der Waals surface area contributed by atoms with Crippen molar-refractivity contribution in [3.05, 3.63) is 0 Å². The second-order valence-corrected chi connectivity index (χ2v) is 6.97. The Kier molecular flexibility index (Phi) is 6.09. The summed E-state index contributed by atoms with van der Waals surface area (Å²) in [5.74, 6) is 0.592. The van der Waals surface area contributed by atoms with E-state index in [9.17, 15) is 9.59 Å². The van der Waals surface area contributed by atoms with Gasteiger partial charge in [0, 0.05) is 25.0 Å². The van der Waals surface area contributed by atoms with Gasteiger partial charge in [-0.25, -0.2) is 0 Å². The monoisotopic (exact) mass is 329 g/mol. The number of nitrogens with one attached hydrogen (secondary N) is 2. The molecule has 0 aromatic heterocycles. The van der Waals surface area contributed by atoms with Gasteiger partial charge in [-0.1, -0.05) is 19.8 Å². The van der Waals surface area contributed by atoms with E-state index in [0.29, 0.717) is 24.9 Å². The average Bonchev–Trinajstić information content (AvgIpc) is 3.10. The number of hydrogen-bond acceptors (Lipinski definition) is 3. The zero-order chi connectivity index (χ0) is 14.8. The van der Waals surface area contributed by atoms with Crippen molar-refractivity contribution in [2.75, 3.05) is 19.6 Å². The molecule has 6 heteroatoms. The third-order valence-corrected chi connectivity index (χ3v) is 5.41. The Morgan fingerprint density at radius 2 is 2.00 bits per heavy atom. The quantitative estimate of drug-likeness (QED) is 0.821. The van der Waals surface area contributed by atoms with Gasteiger partial charge in [-0.15, -0.1) is 12.4 Å². The Labute approximate surface area is 139 Å². The third kappa shape index (κ3) is 3.74. The number of carbonyl (C=O) groups excluding carboxylic acids is 2. The van der Waals surface area contributed by atoms with Gasteiger partial charge in [-0.2, -0.15) is 0 Å². The molecule has 3 atom stereocenters. The fourth-order valence-electron chi connectivity index (χ4n) is 4.01. The molecule has 2 amide bonds. The smallest absolute Gasteiger partial charge is 0.225 e. The normalized spacial score (nSPS) is 32.9. The van der Waals surface area contributed by atoms with E-state index < -0.39 is 0 Å². The van der Waals surface area contributed by atoms with Crippen molar-refractivity contribution in [1.29, 1.82) is 0 Å². The van der Waals surface area contributed by atoms with Crippen LogP contribution in [0.5, 0.6) is 0 Å². The average molecular weight is 330 g/mol. The molecular formula is C16H28ClN3O2. The molecule has 2 N–H and O–H groups in total. The molecule has 0 radical (unpaired) electrons. The standard InChI is InChI=1S/C16H27N3O2.ClH/c1-11-9-17-7-6-14(11)18-16(21)12-8-15(20)19(10-12)13-4-2-3-5-13;/h11-14,17H,2-10H2,1H3,(H,18,21);1H. The molecule has 1 saturated carbocycles. The molecule has 5 nitrogen and oxygen atoms in total. The highest BCUT2D eigenvalue weighted by molar-refractivity contribution is 5.89.